The van der Waals surface area contributed by atoms with Crippen molar-refractivity contribution in [2.24, 2.45) is 11.3 Å². The summed E-state index contributed by atoms with van der Waals surface area (Å²) in [6, 6.07) is 0. The maximum atomic E-state index is 2.45. The Kier molecular flexibility index (Phi) is 1.31. The second-order valence-corrected chi connectivity index (χ2v) is 4.33. The molecule has 1 nitrogen and oxygen atoms in total. The molecule has 1 heterocycles. The monoisotopic (exact) mass is 139 g/mol. The predicted octanol–water partition coefficient (Wildman–Crippen LogP) is 1.74. The highest BCUT2D eigenvalue weighted by Crippen LogP contribution is 2.48. The lowest BCUT2D eigenvalue weighted by Gasteiger charge is -2.49. The quantitative estimate of drug-likeness (QED) is 0.494. The normalized spacial score (nSPS) is 38.4. The van der Waals surface area contributed by atoms with Gasteiger partial charge in [-0.3, -0.25) is 0 Å². The van der Waals surface area contributed by atoms with Crippen LogP contribution < -0.4 is 0 Å². The molecule has 1 saturated heterocycles. The third-order valence-corrected chi connectivity index (χ3v) is 3.53. The van der Waals surface area contributed by atoms with Gasteiger partial charge < -0.3 is 4.90 Å². The van der Waals surface area contributed by atoms with Gasteiger partial charge in [0, 0.05) is 13.1 Å². The first kappa shape index (κ1) is 6.66. The van der Waals surface area contributed by atoms with Crippen molar-refractivity contribution in [1.82, 2.24) is 4.90 Å². The van der Waals surface area contributed by atoms with Gasteiger partial charge in [-0.05, 0) is 24.8 Å². The largest absolute Gasteiger partial charge is 0.305 e. The molecule has 2 fully saturated rings. The van der Waals surface area contributed by atoms with Crippen molar-refractivity contribution in [3.63, 3.8) is 0 Å². The van der Waals surface area contributed by atoms with Crippen LogP contribution >= 0.6 is 0 Å². The topological polar surface area (TPSA) is 3.24 Å². The van der Waals surface area contributed by atoms with Crippen molar-refractivity contribution < 1.29 is 0 Å². The van der Waals surface area contributed by atoms with E-state index in [1.807, 2.05) is 0 Å². The summed E-state index contributed by atoms with van der Waals surface area (Å²) in [6.07, 6.45) is 4.46. The summed E-state index contributed by atoms with van der Waals surface area (Å²) in [5, 5.41) is 0. The molecule has 1 spiro atoms. The van der Waals surface area contributed by atoms with Crippen LogP contribution in [0.4, 0.5) is 0 Å². The Morgan fingerprint density at radius 1 is 1.40 bits per heavy atom. The number of hydrogen-bond acceptors (Lipinski definition) is 1. The first-order chi connectivity index (χ1) is 4.73. The van der Waals surface area contributed by atoms with E-state index in [-0.39, 0.29) is 0 Å². The average molecular weight is 139 g/mol. The van der Waals surface area contributed by atoms with Crippen LogP contribution in [0.15, 0.2) is 0 Å². The highest BCUT2D eigenvalue weighted by atomic mass is 15.2. The number of rotatable bonds is 0. The molecule has 0 aromatic heterocycles. The zero-order valence-electron chi connectivity index (χ0n) is 7.06. The van der Waals surface area contributed by atoms with Gasteiger partial charge in [0.15, 0.2) is 0 Å². The Morgan fingerprint density at radius 3 is 2.50 bits per heavy atom. The first-order valence-electron chi connectivity index (χ1n) is 4.41. The summed E-state index contributed by atoms with van der Waals surface area (Å²) < 4.78 is 0. The maximum absolute atomic E-state index is 2.45. The fourth-order valence-electron chi connectivity index (χ4n) is 2.81. The lowest BCUT2D eigenvalue weighted by Crippen LogP contribution is -2.55. The van der Waals surface area contributed by atoms with Crippen molar-refractivity contribution in [2.75, 3.05) is 20.1 Å². The van der Waals surface area contributed by atoms with Crippen LogP contribution in [0.25, 0.3) is 0 Å². The van der Waals surface area contributed by atoms with Crippen LogP contribution in [-0.4, -0.2) is 25.0 Å². The van der Waals surface area contributed by atoms with Crippen molar-refractivity contribution in [2.45, 2.75) is 26.2 Å². The molecule has 10 heavy (non-hydrogen) atoms. The van der Waals surface area contributed by atoms with Gasteiger partial charge in [0.1, 0.15) is 0 Å². The smallest absolute Gasteiger partial charge is 0.00500 e. The predicted molar refractivity (Wildman–Crippen MR) is 42.9 cm³/mol. The van der Waals surface area contributed by atoms with E-state index in [1.165, 1.54) is 32.4 Å². The van der Waals surface area contributed by atoms with E-state index in [4.69, 9.17) is 0 Å². The van der Waals surface area contributed by atoms with E-state index in [1.54, 1.807) is 0 Å². The SMILES string of the molecule is C[C@@H]1CCCC12CN(C)C2. The fraction of sp³-hybridized carbons (Fsp3) is 1.00. The second kappa shape index (κ2) is 1.97. The second-order valence-electron chi connectivity index (χ2n) is 4.33. The molecule has 0 radical (unpaired) electrons. The molecule has 1 saturated carbocycles. The molecule has 0 bridgehead atoms. The standard InChI is InChI=1S/C9H17N/c1-8-4-3-5-9(8)6-10(2)7-9/h8H,3-7H2,1-2H3/t8-/m1/s1. The maximum Gasteiger partial charge on any atom is 0.00500 e. The summed E-state index contributed by atoms with van der Waals surface area (Å²) >= 11 is 0. The van der Waals surface area contributed by atoms with Crippen molar-refractivity contribution in [3.05, 3.63) is 0 Å². The Morgan fingerprint density at radius 2 is 2.10 bits per heavy atom. The minimum Gasteiger partial charge on any atom is -0.305 e. The van der Waals surface area contributed by atoms with Gasteiger partial charge in [-0.1, -0.05) is 19.8 Å². The molecule has 1 atom stereocenters. The number of hydrogen-bond donors (Lipinski definition) is 0. The number of nitrogens with zero attached hydrogens (tertiary/aromatic N) is 1. The van der Waals surface area contributed by atoms with Gasteiger partial charge in [-0.25, -0.2) is 0 Å². The van der Waals surface area contributed by atoms with E-state index < -0.39 is 0 Å². The highest BCUT2D eigenvalue weighted by Gasteiger charge is 2.47. The molecular weight excluding hydrogens is 122 g/mol. The third-order valence-electron chi connectivity index (χ3n) is 3.53. The van der Waals surface area contributed by atoms with Gasteiger partial charge >= 0.3 is 0 Å². The summed E-state index contributed by atoms with van der Waals surface area (Å²) in [5.41, 5.74) is 0.773. The molecule has 1 aliphatic heterocycles. The van der Waals surface area contributed by atoms with Crippen LogP contribution in [0.1, 0.15) is 26.2 Å². The summed E-state index contributed by atoms with van der Waals surface area (Å²) in [7, 11) is 2.23. The molecule has 0 aromatic rings. The first-order valence-corrected chi connectivity index (χ1v) is 4.41. The van der Waals surface area contributed by atoms with Crippen LogP contribution in [0.3, 0.4) is 0 Å². The van der Waals surface area contributed by atoms with E-state index in [9.17, 15) is 0 Å². The van der Waals surface area contributed by atoms with Crippen LogP contribution in [0, 0.1) is 11.3 Å². The highest BCUT2D eigenvalue weighted by molar-refractivity contribution is 5.00. The van der Waals surface area contributed by atoms with E-state index >= 15 is 0 Å². The zero-order valence-corrected chi connectivity index (χ0v) is 7.06. The molecule has 58 valence electrons. The molecule has 2 aliphatic rings. The lowest BCUT2D eigenvalue weighted by atomic mass is 9.72. The molecule has 0 N–H and O–H groups in total. The van der Waals surface area contributed by atoms with Crippen molar-refractivity contribution in [3.8, 4) is 0 Å². The van der Waals surface area contributed by atoms with Crippen molar-refractivity contribution in [1.29, 1.82) is 0 Å². The average Bonchev–Trinajstić information content (AvgIpc) is 2.12. The van der Waals surface area contributed by atoms with Crippen LogP contribution in [-0.2, 0) is 0 Å². The minimum atomic E-state index is 0.773. The van der Waals surface area contributed by atoms with Gasteiger partial charge in [-0.15, -0.1) is 0 Å². The molecule has 0 unspecified atom stereocenters. The van der Waals surface area contributed by atoms with Crippen molar-refractivity contribution >= 4 is 0 Å². The van der Waals surface area contributed by atoms with Gasteiger partial charge in [0.25, 0.3) is 0 Å². The molecule has 0 amide bonds. The van der Waals surface area contributed by atoms with Crippen LogP contribution in [0.2, 0.25) is 0 Å². The minimum absolute atomic E-state index is 0.773. The molecule has 0 aromatic carbocycles. The fourth-order valence-corrected chi connectivity index (χ4v) is 2.81. The molecule has 1 aliphatic carbocycles. The Hall–Kier alpha value is -0.0400. The molecule has 1 heteroatoms. The van der Waals surface area contributed by atoms with Gasteiger partial charge in [0.05, 0.1) is 0 Å². The van der Waals surface area contributed by atoms with E-state index in [2.05, 4.69) is 18.9 Å². The summed E-state index contributed by atoms with van der Waals surface area (Å²) in [5.74, 6) is 1.00. The van der Waals surface area contributed by atoms with E-state index in [0.29, 0.717) is 0 Å². The number of likely N-dealkylation sites (tertiary alicyclic amines) is 1. The Labute approximate surface area is 63.4 Å². The summed E-state index contributed by atoms with van der Waals surface area (Å²) in [6.45, 7) is 5.17. The zero-order chi connectivity index (χ0) is 7.19. The van der Waals surface area contributed by atoms with Gasteiger partial charge in [0.2, 0.25) is 0 Å². The van der Waals surface area contributed by atoms with Crippen LogP contribution in [0.5, 0.6) is 0 Å². The lowest BCUT2D eigenvalue weighted by molar-refractivity contribution is -0.00516. The summed E-state index contributed by atoms with van der Waals surface area (Å²) in [4.78, 5) is 2.45. The molecule has 2 rings (SSSR count). The van der Waals surface area contributed by atoms with Gasteiger partial charge in [-0.2, -0.15) is 0 Å². The molecular formula is C9H17N. The third kappa shape index (κ3) is 0.731. The Bertz CT molecular complexity index is 136. The van der Waals surface area contributed by atoms with E-state index in [0.717, 1.165) is 11.3 Å². The Balaban J connectivity index is 2.03.